The lowest BCUT2D eigenvalue weighted by molar-refractivity contribution is 0.162. The predicted molar refractivity (Wildman–Crippen MR) is 92.0 cm³/mol. The lowest BCUT2D eigenvalue weighted by Gasteiger charge is -2.32. The van der Waals surface area contributed by atoms with Crippen LogP contribution in [0.2, 0.25) is 0 Å². The summed E-state index contributed by atoms with van der Waals surface area (Å²) in [6, 6.07) is 5.89. The van der Waals surface area contributed by atoms with E-state index in [0.29, 0.717) is 13.1 Å². The van der Waals surface area contributed by atoms with Crippen LogP contribution in [0, 0.1) is 6.92 Å². The Morgan fingerprint density at radius 3 is 3.12 bits per heavy atom. The Bertz CT molecular complexity index is 884. The van der Waals surface area contributed by atoms with E-state index in [9.17, 15) is 4.79 Å². The van der Waals surface area contributed by atoms with Gasteiger partial charge >= 0.3 is 6.03 Å². The standard InChI is InChI=1S/C17H21N7O/c1-13-9-19-24(11-13)14-5-4-7-22(12-14)17(25)18-10-16-21-20-15-6-2-3-8-23(15)16/h2-3,6,8-9,11,14H,4-5,7,10,12H2,1H3,(H,18,25)/t14-/m0/s1. The number of carbonyl (C=O) groups excluding carboxylic acids is 1. The maximum absolute atomic E-state index is 12.5. The van der Waals surface area contributed by atoms with Gasteiger partial charge in [-0.2, -0.15) is 5.10 Å². The third-order valence-corrected chi connectivity index (χ3v) is 4.57. The molecule has 0 aliphatic carbocycles. The summed E-state index contributed by atoms with van der Waals surface area (Å²) in [7, 11) is 0. The van der Waals surface area contributed by atoms with Crippen LogP contribution in [0.4, 0.5) is 4.79 Å². The second kappa shape index (κ2) is 6.54. The fourth-order valence-corrected chi connectivity index (χ4v) is 3.27. The van der Waals surface area contributed by atoms with E-state index in [-0.39, 0.29) is 12.1 Å². The highest BCUT2D eigenvalue weighted by Gasteiger charge is 2.25. The van der Waals surface area contributed by atoms with Gasteiger partial charge in [0.05, 0.1) is 18.8 Å². The number of amides is 2. The molecule has 1 fully saturated rings. The zero-order chi connectivity index (χ0) is 17.2. The molecule has 4 rings (SSSR count). The van der Waals surface area contributed by atoms with Gasteiger partial charge in [0.1, 0.15) is 0 Å². The van der Waals surface area contributed by atoms with Crippen LogP contribution in [0.5, 0.6) is 0 Å². The summed E-state index contributed by atoms with van der Waals surface area (Å²) in [5.74, 6) is 0.722. The van der Waals surface area contributed by atoms with Crippen molar-refractivity contribution in [3.05, 3.63) is 48.2 Å². The van der Waals surface area contributed by atoms with Gasteiger partial charge in [0.25, 0.3) is 0 Å². The van der Waals surface area contributed by atoms with Crippen molar-refractivity contribution in [3.63, 3.8) is 0 Å². The van der Waals surface area contributed by atoms with Crippen molar-refractivity contribution in [3.8, 4) is 0 Å². The molecule has 1 aliphatic heterocycles. The van der Waals surface area contributed by atoms with Crippen LogP contribution in [0.25, 0.3) is 5.65 Å². The van der Waals surface area contributed by atoms with E-state index in [4.69, 9.17) is 0 Å². The second-order valence-electron chi connectivity index (χ2n) is 6.44. The van der Waals surface area contributed by atoms with E-state index in [1.807, 2.05) is 57.7 Å². The van der Waals surface area contributed by atoms with E-state index in [1.54, 1.807) is 0 Å². The first-order valence-electron chi connectivity index (χ1n) is 8.53. The Kier molecular flexibility index (Phi) is 4.09. The van der Waals surface area contributed by atoms with Crippen LogP contribution < -0.4 is 5.32 Å². The van der Waals surface area contributed by atoms with Crippen LogP contribution in [-0.2, 0) is 6.54 Å². The summed E-state index contributed by atoms with van der Waals surface area (Å²) in [5, 5.41) is 15.6. The van der Waals surface area contributed by atoms with Gasteiger partial charge in [-0.1, -0.05) is 6.07 Å². The van der Waals surface area contributed by atoms with Gasteiger partial charge in [0.2, 0.25) is 0 Å². The quantitative estimate of drug-likeness (QED) is 0.789. The fraction of sp³-hybridized carbons (Fsp3) is 0.412. The van der Waals surface area contributed by atoms with Gasteiger partial charge in [-0.15, -0.1) is 10.2 Å². The number of piperidine rings is 1. The van der Waals surface area contributed by atoms with Crippen LogP contribution in [0.15, 0.2) is 36.8 Å². The van der Waals surface area contributed by atoms with Crippen molar-refractivity contribution in [2.24, 2.45) is 0 Å². The fourth-order valence-electron chi connectivity index (χ4n) is 3.27. The number of rotatable bonds is 3. The van der Waals surface area contributed by atoms with Gasteiger partial charge in [-0.25, -0.2) is 4.79 Å². The molecule has 0 saturated carbocycles. The van der Waals surface area contributed by atoms with E-state index < -0.39 is 0 Å². The number of hydrogen-bond acceptors (Lipinski definition) is 4. The summed E-state index contributed by atoms with van der Waals surface area (Å²) in [4.78, 5) is 14.4. The first-order valence-corrected chi connectivity index (χ1v) is 8.53. The summed E-state index contributed by atoms with van der Waals surface area (Å²) < 4.78 is 3.85. The normalized spacial score (nSPS) is 17.8. The third kappa shape index (κ3) is 3.19. The molecule has 0 radical (unpaired) electrons. The first kappa shape index (κ1) is 15.6. The first-order chi connectivity index (χ1) is 12.2. The molecule has 2 amide bonds. The number of fused-ring (bicyclic) bond motifs is 1. The largest absolute Gasteiger partial charge is 0.331 e. The molecule has 1 atom stereocenters. The Morgan fingerprint density at radius 1 is 1.36 bits per heavy atom. The topological polar surface area (TPSA) is 80.3 Å². The molecule has 8 heteroatoms. The smallest absolute Gasteiger partial charge is 0.317 e. The summed E-state index contributed by atoms with van der Waals surface area (Å²) in [6.07, 6.45) is 7.81. The molecule has 8 nitrogen and oxygen atoms in total. The molecule has 3 aromatic heterocycles. The minimum Gasteiger partial charge on any atom is -0.331 e. The Hall–Kier alpha value is -2.90. The maximum atomic E-state index is 12.5. The van der Waals surface area contributed by atoms with Gasteiger partial charge in [-0.3, -0.25) is 9.08 Å². The van der Waals surface area contributed by atoms with Gasteiger partial charge in [0.15, 0.2) is 11.5 Å². The predicted octanol–water partition coefficient (Wildman–Crippen LogP) is 1.78. The SMILES string of the molecule is Cc1cnn([C@H]2CCCN(C(=O)NCc3nnc4ccccn34)C2)c1. The number of aryl methyl sites for hydroxylation is 1. The number of aromatic nitrogens is 5. The number of urea groups is 1. The lowest BCUT2D eigenvalue weighted by Crippen LogP contribution is -2.45. The summed E-state index contributed by atoms with van der Waals surface area (Å²) >= 11 is 0. The monoisotopic (exact) mass is 339 g/mol. The molecule has 4 heterocycles. The lowest BCUT2D eigenvalue weighted by atomic mass is 10.1. The highest BCUT2D eigenvalue weighted by Crippen LogP contribution is 2.21. The van der Waals surface area contributed by atoms with E-state index in [1.165, 1.54) is 0 Å². The number of carbonyl (C=O) groups is 1. The van der Waals surface area contributed by atoms with Crippen LogP contribution in [0.1, 0.15) is 30.3 Å². The molecule has 1 saturated heterocycles. The van der Waals surface area contributed by atoms with Crippen molar-refractivity contribution < 1.29 is 4.79 Å². The van der Waals surface area contributed by atoms with E-state index in [0.717, 1.165) is 36.4 Å². The van der Waals surface area contributed by atoms with E-state index >= 15 is 0 Å². The van der Waals surface area contributed by atoms with Gasteiger partial charge in [0, 0.05) is 25.5 Å². The second-order valence-corrected chi connectivity index (χ2v) is 6.44. The van der Waals surface area contributed by atoms with Crippen molar-refractivity contribution in [2.45, 2.75) is 32.4 Å². The van der Waals surface area contributed by atoms with Gasteiger partial charge in [-0.05, 0) is 37.5 Å². The minimum absolute atomic E-state index is 0.0683. The van der Waals surface area contributed by atoms with Gasteiger partial charge < -0.3 is 10.2 Å². The molecule has 130 valence electrons. The number of pyridine rings is 1. The average molecular weight is 339 g/mol. The highest BCUT2D eigenvalue weighted by atomic mass is 16.2. The Balaban J connectivity index is 1.39. The number of nitrogens with one attached hydrogen (secondary N) is 1. The molecule has 1 aliphatic rings. The zero-order valence-corrected chi connectivity index (χ0v) is 14.2. The van der Waals surface area contributed by atoms with E-state index in [2.05, 4.69) is 20.6 Å². The molecule has 0 bridgehead atoms. The number of likely N-dealkylation sites (tertiary alicyclic amines) is 1. The van der Waals surface area contributed by atoms with Crippen molar-refractivity contribution in [2.75, 3.05) is 13.1 Å². The Morgan fingerprint density at radius 2 is 2.28 bits per heavy atom. The molecule has 1 N–H and O–H groups in total. The van der Waals surface area contributed by atoms with Crippen molar-refractivity contribution in [1.29, 1.82) is 0 Å². The van der Waals surface area contributed by atoms with Crippen LogP contribution in [0.3, 0.4) is 0 Å². The minimum atomic E-state index is -0.0683. The molecular formula is C17H21N7O. The zero-order valence-electron chi connectivity index (χ0n) is 14.2. The summed E-state index contributed by atoms with van der Waals surface area (Å²) in [5.41, 5.74) is 1.92. The maximum Gasteiger partial charge on any atom is 0.317 e. The van der Waals surface area contributed by atoms with Crippen LogP contribution >= 0.6 is 0 Å². The van der Waals surface area contributed by atoms with Crippen molar-refractivity contribution >= 4 is 11.7 Å². The van der Waals surface area contributed by atoms with Crippen LogP contribution in [-0.4, -0.2) is 48.4 Å². The molecule has 0 unspecified atom stereocenters. The molecule has 0 aromatic carbocycles. The third-order valence-electron chi connectivity index (χ3n) is 4.57. The Labute approximate surface area is 145 Å². The summed E-state index contributed by atoms with van der Waals surface area (Å²) in [6.45, 7) is 3.82. The molecule has 25 heavy (non-hydrogen) atoms. The molecular weight excluding hydrogens is 318 g/mol. The highest BCUT2D eigenvalue weighted by molar-refractivity contribution is 5.74. The number of hydrogen-bond donors (Lipinski definition) is 1. The molecule has 0 spiro atoms. The average Bonchev–Trinajstić information content (AvgIpc) is 3.26. The number of nitrogens with zero attached hydrogens (tertiary/aromatic N) is 6. The molecule has 3 aromatic rings. The van der Waals surface area contributed by atoms with Crippen molar-refractivity contribution in [1.82, 2.24) is 34.6 Å².